The van der Waals surface area contributed by atoms with Gasteiger partial charge in [-0.3, -0.25) is 0 Å². The molecule has 0 amide bonds. The van der Waals surface area contributed by atoms with Crippen LogP contribution in [0.5, 0.6) is 0 Å². The summed E-state index contributed by atoms with van der Waals surface area (Å²) in [5.74, 6) is 0.608. The predicted molar refractivity (Wildman–Crippen MR) is 72.1 cm³/mol. The van der Waals surface area contributed by atoms with Crippen molar-refractivity contribution in [1.29, 1.82) is 0 Å². The normalized spacial score (nSPS) is 13.7. The Bertz CT molecular complexity index is 695. The molecule has 0 radical (unpaired) electrons. The van der Waals surface area contributed by atoms with Crippen molar-refractivity contribution in [2.75, 3.05) is 0 Å². The lowest BCUT2D eigenvalue weighted by atomic mass is 10.4. The van der Waals surface area contributed by atoms with Crippen LogP contribution >= 0.6 is 34.5 Å². The topological polar surface area (TPSA) is 85.1 Å². The predicted octanol–water partition coefficient (Wildman–Crippen LogP) is 2.79. The van der Waals surface area contributed by atoms with Gasteiger partial charge in [0.2, 0.25) is 15.9 Å². The highest BCUT2D eigenvalue weighted by atomic mass is 35.5. The van der Waals surface area contributed by atoms with E-state index in [1.807, 2.05) is 0 Å². The van der Waals surface area contributed by atoms with Crippen LogP contribution < -0.4 is 4.72 Å². The molecule has 2 aromatic heterocycles. The maximum Gasteiger partial charge on any atom is 0.244 e. The molecule has 2 rings (SSSR count). The van der Waals surface area contributed by atoms with E-state index in [9.17, 15) is 8.42 Å². The van der Waals surface area contributed by atoms with Crippen LogP contribution in [0.3, 0.4) is 0 Å². The van der Waals surface area contributed by atoms with Gasteiger partial charge in [0.25, 0.3) is 0 Å². The average Bonchev–Trinajstić information content (AvgIpc) is 2.84. The molecule has 0 aliphatic rings. The lowest BCUT2D eigenvalue weighted by Gasteiger charge is -2.09. The fraction of sp³-hybridized carbons (Fsp3) is 0.333. The molecule has 0 bridgehead atoms. The van der Waals surface area contributed by atoms with E-state index >= 15 is 0 Å². The molecule has 104 valence electrons. The van der Waals surface area contributed by atoms with E-state index in [-0.39, 0.29) is 15.1 Å². The Morgan fingerprint density at radius 1 is 1.47 bits per heavy atom. The van der Waals surface area contributed by atoms with Crippen LogP contribution in [0.15, 0.2) is 15.5 Å². The van der Waals surface area contributed by atoms with Crippen LogP contribution in [-0.2, 0) is 10.0 Å². The summed E-state index contributed by atoms with van der Waals surface area (Å²) in [7, 11) is -3.79. The van der Waals surface area contributed by atoms with Gasteiger partial charge in [0.15, 0.2) is 5.82 Å². The summed E-state index contributed by atoms with van der Waals surface area (Å²) in [6.07, 6.45) is 0. The molecular formula is C9H9Cl2N3O3S2. The van der Waals surface area contributed by atoms with Crippen LogP contribution in [0.1, 0.15) is 24.7 Å². The summed E-state index contributed by atoms with van der Waals surface area (Å²) in [5, 5.41) is 3.60. The summed E-state index contributed by atoms with van der Waals surface area (Å²) in [6.45, 7) is 3.23. The largest absolute Gasteiger partial charge is 0.338 e. The first kappa shape index (κ1) is 14.7. The molecule has 1 N–H and O–H groups in total. The van der Waals surface area contributed by atoms with Gasteiger partial charge in [-0.2, -0.15) is 9.71 Å². The van der Waals surface area contributed by atoms with Crippen molar-refractivity contribution in [2.24, 2.45) is 0 Å². The van der Waals surface area contributed by atoms with Crippen LogP contribution in [0.4, 0.5) is 0 Å². The first-order valence-electron chi connectivity index (χ1n) is 5.07. The number of thiophene rings is 1. The molecule has 19 heavy (non-hydrogen) atoms. The van der Waals surface area contributed by atoms with Crippen molar-refractivity contribution in [3.63, 3.8) is 0 Å². The second kappa shape index (κ2) is 5.37. The fourth-order valence-electron chi connectivity index (χ4n) is 1.34. The number of nitrogens with zero attached hydrogens (tertiary/aromatic N) is 2. The third-order valence-electron chi connectivity index (χ3n) is 2.16. The van der Waals surface area contributed by atoms with E-state index in [2.05, 4.69) is 14.9 Å². The molecule has 6 nitrogen and oxygen atoms in total. The van der Waals surface area contributed by atoms with Gasteiger partial charge in [-0.15, -0.1) is 11.3 Å². The Balaban J connectivity index is 2.24. The van der Waals surface area contributed by atoms with Crippen molar-refractivity contribution < 1.29 is 12.9 Å². The third-order valence-corrected chi connectivity index (χ3v) is 5.45. The SMILES string of the molecule is Cc1noc(C(C)NS(=O)(=O)c2cc(Cl)sc2Cl)n1. The van der Waals surface area contributed by atoms with Gasteiger partial charge in [0.1, 0.15) is 9.23 Å². The summed E-state index contributed by atoms with van der Waals surface area (Å²) >= 11 is 12.5. The van der Waals surface area contributed by atoms with Gasteiger partial charge in [-0.25, -0.2) is 8.42 Å². The van der Waals surface area contributed by atoms with Gasteiger partial charge in [-0.05, 0) is 19.9 Å². The number of halogens is 2. The van der Waals surface area contributed by atoms with Crippen LogP contribution in [0.25, 0.3) is 0 Å². The Morgan fingerprint density at radius 2 is 2.16 bits per heavy atom. The molecule has 0 aliphatic heterocycles. The first-order valence-corrected chi connectivity index (χ1v) is 8.12. The minimum absolute atomic E-state index is 0.0627. The first-order chi connectivity index (χ1) is 8.79. The molecule has 0 aliphatic carbocycles. The Labute approximate surface area is 123 Å². The number of sulfonamides is 1. The molecule has 0 fully saturated rings. The third kappa shape index (κ3) is 3.26. The molecule has 10 heteroatoms. The van der Waals surface area contributed by atoms with E-state index < -0.39 is 16.1 Å². The minimum atomic E-state index is -3.79. The smallest absolute Gasteiger partial charge is 0.244 e. The van der Waals surface area contributed by atoms with Gasteiger partial charge < -0.3 is 4.52 Å². The quantitative estimate of drug-likeness (QED) is 0.923. The Morgan fingerprint density at radius 3 is 2.63 bits per heavy atom. The van der Waals surface area contributed by atoms with Gasteiger partial charge in [-0.1, -0.05) is 28.4 Å². The van der Waals surface area contributed by atoms with Crippen molar-refractivity contribution in [1.82, 2.24) is 14.9 Å². The van der Waals surface area contributed by atoms with Gasteiger partial charge in [0.05, 0.1) is 10.4 Å². The summed E-state index contributed by atoms with van der Waals surface area (Å²) in [6, 6.07) is 0.629. The maximum absolute atomic E-state index is 12.1. The fourth-order valence-corrected chi connectivity index (χ4v) is 4.69. The molecular weight excluding hydrogens is 333 g/mol. The molecule has 2 heterocycles. The van der Waals surface area contributed by atoms with E-state index in [1.54, 1.807) is 13.8 Å². The Kier molecular flexibility index (Phi) is 4.17. The van der Waals surface area contributed by atoms with Crippen molar-refractivity contribution in [3.8, 4) is 0 Å². The molecule has 0 saturated carbocycles. The number of aromatic nitrogens is 2. The average molecular weight is 342 g/mol. The zero-order valence-corrected chi connectivity index (χ0v) is 13.0. The molecule has 0 aromatic carbocycles. The van der Waals surface area contributed by atoms with Gasteiger partial charge >= 0.3 is 0 Å². The highest BCUT2D eigenvalue weighted by Gasteiger charge is 2.25. The van der Waals surface area contributed by atoms with E-state index in [4.69, 9.17) is 27.7 Å². The van der Waals surface area contributed by atoms with Gasteiger partial charge in [0, 0.05) is 0 Å². The second-order valence-corrected chi connectivity index (χ2v) is 7.68. The standard InChI is InChI=1S/C9H9Cl2N3O3S2/c1-4(9-12-5(2)13-17-9)14-19(15,16)6-3-7(10)18-8(6)11/h3-4,14H,1-2H3. The molecule has 1 atom stereocenters. The number of hydrogen-bond acceptors (Lipinski definition) is 6. The highest BCUT2D eigenvalue weighted by molar-refractivity contribution is 7.89. The maximum atomic E-state index is 12.1. The number of aryl methyl sites for hydroxylation is 1. The molecule has 0 saturated heterocycles. The number of rotatable bonds is 4. The number of hydrogen-bond donors (Lipinski definition) is 1. The lowest BCUT2D eigenvalue weighted by Crippen LogP contribution is -2.27. The van der Waals surface area contributed by atoms with E-state index in [0.29, 0.717) is 10.2 Å². The summed E-state index contributed by atoms with van der Waals surface area (Å²) in [4.78, 5) is 3.89. The Hall–Kier alpha value is -0.670. The minimum Gasteiger partial charge on any atom is -0.338 e. The van der Waals surface area contributed by atoms with Crippen LogP contribution in [-0.4, -0.2) is 18.6 Å². The van der Waals surface area contributed by atoms with E-state index in [0.717, 1.165) is 11.3 Å². The van der Waals surface area contributed by atoms with Crippen molar-refractivity contribution in [2.45, 2.75) is 24.8 Å². The van der Waals surface area contributed by atoms with Crippen LogP contribution in [0.2, 0.25) is 8.67 Å². The molecule has 2 aromatic rings. The monoisotopic (exact) mass is 341 g/mol. The number of nitrogens with one attached hydrogen (secondary N) is 1. The summed E-state index contributed by atoms with van der Waals surface area (Å²) in [5.41, 5.74) is 0. The summed E-state index contributed by atoms with van der Waals surface area (Å²) < 4.78 is 31.9. The molecule has 0 spiro atoms. The highest BCUT2D eigenvalue weighted by Crippen LogP contribution is 2.34. The van der Waals surface area contributed by atoms with Crippen LogP contribution in [0, 0.1) is 6.92 Å². The lowest BCUT2D eigenvalue weighted by molar-refractivity contribution is 0.351. The van der Waals surface area contributed by atoms with Crippen molar-refractivity contribution >= 4 is 44.6 Å². The molecule has 1 unspecified atom stereocenters. The zero-order valence-electron chi connectivity index (χ0n) is 9.85. The van der Waals surface area contributed by atoms with Crippen molar-refractivity contribution in [3.05, 3.63) is 26.5 Å². The second-order valence-electron chi connectivity index (χ2n) is 3.71. The zero-order chi connectivity index (χ0) is 14.2. The van der Waals surface area contributed by atoms with E-state index in [1.165, 1.54) is 6.07 Å².